The van der Waals surface area contributed by atoms with Crippen molar-refractivity contribution >= 4 is 12.1 Å². The molecule has 2 heterocycles. The molecule has 2 rings (SSSR count). The van der Waals surface area contributed by atoms with E-state index in [0.29, 0.717) is 13.1 Å². The molecule has 2 aliphatic heterocycles. The van der Waals surface area contributed by atoms with Gasteiger partial charge in [-0.15, -0.1) is 13.2 Å². The van der Waals surface area contributed by atoms with E-state index in [2.05, 4.69) is 23.8 Å². The molecule has 0 radical (unpaired) electrons. The van der Waals surface area contributed by atoms with Gasteiger partial charge in [-0.2, -0.15) is 0 Å². The Labute approximate surface area is 99.9 Å². The number of hydrogen-bond acceptors (Lipinski definition) is 2. The van der Waals surface area contributed by atoms with Gasteiger partial charge >= 0.3 is 12.1 Å². The van der Waals surface area contributed by atoms with Crippen LogP contribution in [-0.2, 0) is 0 Å². The van der Waals surface area contributed by atoms with Gasteiger partial charge in [0.25, 0.3) is 0 Å². The fourth-order valence-electron chi connectivity index (χ4n) is 2.38. The van der Waals surface area contributed by atoms with Crippen LogP contribution in [0.5, 0.6) is 0 Å². The second-order valence-corrected chi connectivity index (χ2v) is 4.27. The lowest BCUT2D eigenvalue weighted by atomic mass is 10.1. The second kappa shape index (κ2) is 3.80. The predicted octanol–water partition coefficient (Wildman–Crippen LogP) is 0.451. The number of carbonyl (C=O) groups excluding carboxylic acids is 2. The fourth-order valence-corrected chi connectivity index (χ4v) is 2.38. The van der Waals surface area contributed by atoms with Gasteiger partial charge in [0.05, 0.1) is 0 Å². The van der Waals surface area contributed by atoms with Crippen LogP contribution in [0.4, 0.5) is 9.59 Å². The Hall–Kier alpha value is -1.98. The maximum absolute atomic E-state index is 12.2. The molecule has 0 saturated carbocycles. The van der Waals surface area contributed by atoms with E-state index in [9.17, 15) is 9.59 Å². The van der Waals surface area contributed by atoms with Crippen LogP contribution in [0.3, 0.4) is 0 Å². The summed E-state index contributed by atoms with van der Waals surface area (Å²) in [6, 6.07) is -0.405. The van der Waals surface area contributed by atoms with Crippen molar-refractivity contribution in [1.82, 2.24) is 20.4 Å². The van der Waals surface area contributed by atoms with Crippen LogP contribution in [-0.4, -0.2) is 46.8 Å². The zero-order valence-corrected chi connectivity index (χ0v) is 9.77. The van der Waals surface area contributed by atoms with Crippen LogP contribution in [0, 0.1) is 0 Å². The molecule has 2 atom stereocenters. The average Bonchev–Trinajstić information content (AvgIpc) is 2.65. The topological polar surface area (TPSA) is 64.7 Å². The summed E-state index contributed by atoms with van der Waals surface area (Å²) in [5.74, 6) is 0. The number of fused-ring (bicyclic) bond motifs is 1. The van der Waals surface area contributed by atoms with E-state index < -0.39 is 5.66 Å². The first-order valence-corrected chi connectivity index (χ1v) is 5.43. The van der Waals surface area contributed by atoms with Gasteiger partial charge in [-0.1, -0.05) is 12.2 Å². The summed E-state index contributed by atoms with van der Waals surface area (Å²) in [4.78, 5) is 26.8. The number of urea groups is 2. The smallest absolute Gasteiger partial charge is 0.314 e. The summed E-state index contributed by atoms with van der Waals surface area (Å²) < 4.78 is 0. The van der Waals surface area contributed by atoms with Crippen LogP contribution in [0.15, 0.2) is 25.3 Å². The number of nitrogens with one attached hydrogen (secondary N) is 2. The summed E-state index contributed by atoms with van der Waals surface area (Å²) >= 11 is 0. The third-order valence-electron chi connectivity index (χ3n) is 3.15. The Kier molecular flexibility index (Phi) is 2.57. The van der Waals surface area contributed by atoms with Crippen molar-refractivity contribution in [3.05, 3.63) is 25.3 Å². The lowest BCUT2D eigenvalue weighted by molar-refractivity contribution is 0.155. The Morgan fingerprint density at radius 3 is 2.59 bits per heavy atom. The molecule has 0 aromatic heterocycles. The van der Waals surface area contributed by atoms with Gasteiger partial charge in [0.2, 0.25) is 0 Å². The predicted molar refractivity (Wildman–Crippen MR) is 63.1 cm³/mol. The van der Waals surface area contributed by atoms with E-state index >= 15 is 0 Å². The van der Waals surface area contributed by atoms with E-state index in [1.165, 1.54) is 0 Å². The number of amides is 4. The summed E-state index contributed by atoms with van der Waals surface area (Å²) in [6.07, 6.45) is 2.91. The number of hydrogen-bond donors (Lipinski definition) is 2. The van der Waals surface area contributed by atoms with Crippen LogP contribution in [0.2, 0.25) is 0 Å². The van der Waals surface area contributed by atoms with Crippen molar-refractivity contribution in [3.8, 4) is 0 Å². The van der Waals surface area contributed by atoms with E-state index in [0.717, 1.165) is 0 Å². The molecule has 2 saturated heterocycles. The largest absolute Gasteiger partial charge is 0.324 e. The average molecular weight is 236 g/mol. The van der Waals surface area contributed by atoms with E-state index in [1.807, 2.05) is 6.92 Å². The fraction of sp³-hybridized carbons (Fsp3) is 0.455. The van der Waals surface area contributed by atoms with Gasteiger partial charge in [0.15, 0.2) is 5.66 Å². The zero-order valence-electron chi connectivity index (χ0n) is 9.77. The highest BCUT2D eigenvalue weighted by molar-refractivity contribution is 5.86. The monoisotopic (exact) mass is 236 g/mol. The summed E-state index contributed by atoms with van der Waals surface area (Å²) in [7, 11) is 0. The summed E-state index contributed by atoms with van der Waals surface area (Å²) in [6.45, 7) is 9.86. The third-order valence-corrected chi connectivity index (χ3v) is 3.15. The van der Waals surface area contributed by atoms with Gasteiger partial charge < -0.3 is 10.6 Å². The van der Waals surface area contributed by atoms with Crippen LogP contribution < -0.4 is 10.6 Å². The Bertz CT molecular complexity index is 395. The molecule has 4 amide bonds. The molecule has 2 aliphatic rings. The normalized spacial score (nSPS) is 31.0. The van der Waals surface area contributed by atoms with Gasteiger partial charge in [0.1, 0.15) is 6.17 Å². The zero-order chi connectivity index (χ0) is 12.6. The maximum Gasteiger partial charge on any atom is 0.324 e. The first-order chi connectivity index (χ1) is 8.04. The van der Waals surface area contributed by atoms with E-state index in [-0.39, 0.29) is 18.2 Å². The van der Waals surface area contributed by atoms with Crippen molar-refractivity contribution in [2.24, 2.45) is 0 Å². The van der Waals surface area contributed by atoms with Gasteiger partial charge in [0, 0.05) is 13.1 Å². The lowest BCUT2D eigenvalue weighted by Gasteiger charge is -2.30. The highest BCUT2D eigenvalue weighted by Crippen LogP contribution is 2.32. The lowest BCUT2D eigenvalue weighted by Crippen LogP contribution is -2.55. The number of carbonyl (C=O) groups is 2. The molecule has 0 bridgehead atoms. The first-order valence-electron chi connectivity index (χ1n) is 5.43. The van der Waals surface area contributed by atoms with Gasteiger partial charge in [-0.25, -0.2) is 9.59 Å². The molecule has 92 valence electrons. The van der Waals surface area contributed by atoms with Crippen LogP contribution >= 0.6 is 0 Å². The Morgan fingerprint density at radius 1 is 1.35 bits per heavy atom. The molecule has 6 heteroatoms. The molecule has 0 aliphatic carbocycles. The first kappa shape index (κ1) is 11.5. The molecule has 0 spiro atoms. The van der Waals surface area contributed by atoms with E-state index in [4.69, 9.17) is 0 Å². The minimum Gasteiger partial charge on any atom is -0.314 e. The molecule has 0 aromatic rings. The molecule has 2 fully saturated rings. The molecular weight excluding hydrogens is 220 g/mol. The molecular formula is C11H16N4O2. The number of rotatable bonds is 4. The Morgan fingerprint density at radius 2 is 2.00 bits per heavy atom. The van der Waals surface area contributed by atoms with Gasteiger partial charge in [-0.3, -0.25) is 9.80 Å². The third kappa shape index (κ3) is 1.48. The second-order valence-electron chi connectivity index (χ2n) is 4.27. The SMILES string of the molecule is C=CCN1C(=O)N(CC=C)C2(C)NC(=O)NC12. The van der Waals surface area contributed by atoms with Crippen LogP contribution in [0.25, 0.3) is 0 Å². The molecule has 17 heavy (non-hydrogen) atoms. The van der Waals surface area contributed by atoms with E-state index in [1.54, 1.807) is 22.0 Å². The highest BCUT2D eigenvalue weighted by Gasteiger charge is 2.58. The van der Waals surface area contributed by atoms with Crippen molar-refractivity contribution in [3.63, 3.8) is 0 Å². The van der Waals surface area contributed by atoms with Crippen molar-refractivity contribution in [2.75, 3.05) is 13.1 Å². The minimum absolute atomic E-state index is 0.134. The number of nitrogens with zero attached hydrogens (tertiary/aromatic N) is 2. The van der Waals surface area contributed by atoms with Crippen molar-refractivity contribution in [1.29, 1.82) is 0 Å². The summed E-state index contributed by atoms with van der Waals surface area (Å²) in [5.41, 5.74) is -0.731. The quantitative estimate of drug-likeness (QED) is 0.696. The standard InChI is InChI=1S/C11H16N4O2/c1-4-6-14-8-11(3,13-9(16)12-8)15(7-5-2)10(14)17/h4-5,8H,1-2,6-7H2,3H3,(H2,12,13,16). The van der Waals surface area contributed by atoms with Crippen LogP contribution in [0.1, 0.15) is 6.92 Å². The van der Waals surface area contributed by atoms with Crippen molar-refractivity contribution < 1.29 is 9.59 Å². The Balaban J connectivity index is 2.35. The minimum atomic E-state index is -0.731. The van der Waals surface area contributed by atoms with Gasteiger partial charge in [-0.05, 0) is 6.92 Å². The maximum atomic E-state index is 12.2. The molecule has 2 unspecified atom stereocenters. The molecule has 6 nitrogen and oxygen atoms in total. The summed E-state index contributed by atoms with van der Waals surface area (Å²) in [5, 5.41) is 5.52. The molecule has 2 N–H and O–H groups in total. The highest BCUT2D eigenvalue weighted by atomic mass is 16.2. The van der Waals surface area contributed by atoms with Crippen molar-refractivity contribution in [2.45, 2.75) is 18.8 Å². The molecule has 0 aromatic carbocycles.